The summed E-state index contributed by atoms with van der Waals surface area (Å²) in [5.74, 6) is 0.232. The molecule has 1 aliphatic rings. The van der Waals surface area contributed by atoms with Crippen LogP contribution in [0.1, 0.15) is 97.8 Å². The summed E-state index contributed by atoms with van der Waals surface area (Å²) in [4.78, 5) is 35.5. The lowest BCUT2D eigenvalue weighted by Gasteiger charge is -2.16. The fourth-order valence-electron chi connectivity index (χ4n) is 4.30. The number of carbonyl (C=O) groups is 3. The van der Waals surface area contributed by atoms with Crippen LogP contribution in [0.25, 0.3) is 0 Å². The van der Waals surface area contributed by atoms with Gasteiger partial charge in [-0.3, -0.25) is 9.59 Å². The van der Waals surface area contributed by atoms with Crippen LogP contribution in [0.3, 0.4) is 0 Å². The van der Waals surface area contributed by atoms with Gasteiger partial charge in [-0.25, -0.2) is 4.79 Å². The minimum Gasteiger partial charge on any atom is -0.464 e. The van der Waals surface area contributed by atoms with E-state index >= 15 is 0 Å². The summed E-state index contributed by atoms with van der Waals surface area (Å²) in [6.45, 7) is 6.27. The molecule has 0 aromatic heterocycles. The molecule has 1 fully saturated rings. The maximum Gasteiger partial charge on any atom is 0.342 e. The summed E-state index contributed by atoms with van der Waals surface area (Å²) in [5, 5.41) is 9.63. The molecule has 0 aromatic carbocycles. The van der Waals surface area contributed by atoms with E-state index in [1.54, 1.807) is 6.92 Å². The Kier molecular flexibility index (Phi) is 13.6. The van der Waals surface area contributed by atoms with Crippen molar-refractivity contribution in [2.45, 2.75) is 104 Å². The molecule has 0 radical (unpaired) electrons. The second-order valence-electron chi connectivity index (χ2n) is 8.58. The first-order valence-electron chi connectivity index (χ1n) is 12.0. The second-order valence-corrected chi connectivity index (χ2v) is 8.58. The number of allylic oxidation sites excluding steroid dienone is 2. The maximum absolute atomic E-state index is 12.3. The normalized spacial score (nSPS) is 21.1. The second kappa shape index (κ2) is 15.3. The minimum atomic E-state index is -1.67. The zero-order valence-corrected chi connectivity index (χ0v) is 19.2. The lowest BCUT2D eigenvalue weighted by Crippen LogP contribution is -2.31. The number of hydrogen-bond donors (Lipinski definition) is 1. The van der Waals surface area contributed by atoms with Crippen molar-refractivity contribution in [2.75, 3.05) is 6.61 Å². The first-order chi connectivity index (χ1) is 14.4. The van der Waals surface area contributed by atoms with E-state index in [-0.39, 0.29) is 18.9 Å². The van der Waals surface area contributed by atoms with E-state index in [9.17, 15) is 19.5 Å². The number of esters is 1. The van der Waals surface area contributed by atoms with Crippen LogP contribution in [0.5, 0.6) is 0 Å². The van der Waals surface area contributed by atoms with Crippen molar-refractivity contribution in [3.63, 3.8) is 0 Å². The number of rotatable bonds is 16. The van der Waals surface area contributed by atoms with E-state index in [0.717, 1.165) is 38.0 Å². The summed E-state index contributed by atoms with van der Waals surface area (Å²) >= 11 is 0. The molecule has 30 heavy (non-hydrogen) atoms. The van der Waals surface area contributed by atoms with Crippen molar-refractivity contribution in [3.8, 4) is 0 Å². The maximum atomic E-state index is 12.3. The highest BCUT2D eigenvalue weighted by Gasteiger charge is 2.32. The van der Waals surface area contributed by atoms with Gasteiger partial charge >= 0.3 is 5.97 Å². The van der Waals surface area contributed by atoms with Crippen molar-refractivity contribution in [1.82, 2.24) is 0 Å². The third-order valence-electron chi connectivity index (χ3n) is 6.30. The molecule has 172 valence electrons. The van der Waals surface area contributed by atoms with Gasteiger partial charge in [-0.2, -0.15) is 0 Å². The number of ether oxygens (including phenoxy) is 1. The van der Waals surface area contributed by atoms with Crippen LogP contribution < -0.4 is 0 Å². The van der Waals surface area contributed by atoms with Gasteiger partial charge in [0, 0.05) is 18.8 Å². The Morgan fingerprint density at radius 2 is 1.93 bits per heavy atom. The third kappa shape index (κ3) is 9.55. The highest BCUT2D eigenvalue weighted by Crippen LogP contribution is 2.34. The van der Waals surface area contributed by atoms with E-state index in [1.807, 2.05) is 0 Å². The van der Waals surface area contributed by atoms with Crippen LogP contribution in [0.15, 0.2) is 12.2 Å². The molecular formula is C25H42O5. The van der Waals surface area contributed by atoms with Crippen molar-refractivity contribution >= 4 is 17.5 Å². The topological polar surface area (TPSA) is 80.7 Å². The molecule has 0 amide bonds. The molecule has 1 aliphatic carbocycles. The van der Waals surface area contributed by atoms with Crippen LogP contribution in [0.2, 0.25) is 0 Å². The Morgan fingerprint density at radius 3 is 2.60 bits per heavy atom. The van der Waals surface area contributed by atoms with Gasteiger partial charge < -0.3 is 9.84 Å². The molecule has 4 atom stereocenters. The van der Waals surface area contributed by atoms with Gasteiger partial charge in [0.25, 0.3) is 0 Å². The summed E-state index contributed by atoms with van der Waals surface area (Å²) < 4.78 is 4.66. The van der Waals surface area contributed by atoms with Gasteiger partial charge in [0.1, 0.15) is 5.78 Å². The van der Waals surface area contributed by atoms with Crippen LogP contribution in [0.4, 0.5) is 0 Å². The summed E-state index contributed by atoms with van der Waals surface area (Å²) in [7, 11) is 0. The molecule has 1 unspecified atom stereocenters. The molecule has 0 aliphatic heterocycles. The smallest absolute Gasteiger partial charge is 0.342 e. The van der Waals surface area contributed by atoms with E-state index < -0.39 is 17.9 Å². The van der Waals surface area contributed by atoms with Gasteiger partial charge in [-0.1, -0.05) is 64.5 Å². The number of ketones is 2. The molecule has 0 saturated heterocycles. The Balaban J connectivity index is 2.33. The third-order valence-corrected chi connectivity index (χ3v) is 6.30. The van der Waals surface area contributed by atoms with Crippen molar-refractivity contribution < 1.29 is 24.2 Å². The number of aliphatic hydroxyl groups is 1. The molecule has 5 nitrogen and oxygen atoms in total. The Labute approximate surface area is 182 Å². The number of hydrogen-bond acceptors (Lipinski definition) is 5. The molecule has 1 saturated carbocycles. The zero-order valence-electron chi connectivity index (χ0n) is 19.2. The average molecular weight is 423 g/mol. The van der Waals surface area contributed by atoms with Crippen LogP contribution >= 0.6 is 0 Å². The van der Waals surface area contributed by atoms with Crippen molar-refractivity contribution in [2.24, 2.45) is 17.8 Å². The monoisotopic (exact) mass is 422 g/mol. The average Bonchev–Trinajstić information content (AvgIpc) is 3.09. The Hall–Kier alpha value is -1.49. The highest BCUT2D eigenvalue weighted by atomic mass is 16.5. The van der Waals surface area contributed by atoms with Crippen molar-refractivity contribution in [1.29, 1.82) is 0 Å². The largest absolute Gasteiger partial charge is 0.464 e. The molecule has 5 heteroatoms. The van der Waals surface area contributed by atoms with Gasteiger partial charge in [-0.05, 0) is 44.4 Å². The standard InChI is InChI=1S/C25H42O5/c1-4-7-12-19(5-2)13-11-14-20-17-18-22(26)21(20)15-9-8-10-16-23(27)24(28)25(29)30-6-3/h11,14,19-21,24,28H,4-10,12-13,15-18H2,1-3H3/t19-,20-,21+,24?/m0/s1. The molecule has 1 N–H and O–H groups in total. The van der Waals surface area contributed by atoms with Gasteiger partial charge in [0.15, 0.2) is 5.78 Å². The lowest BCUT2D eigenvalue weighted by molar-refractivity contribution is -0.157. The molecule has 0 heterocycles. The minimum absolute atomic E-state index is 0.109. The fraction of sp³-hybridized carbons (Fsp3) is 0.800. The lowest BCUT2D eigenvalue weighted by atomic mass is 9.88. The van der Waals surface area contributed by atoms with Gasteiger partial charge in [0.2, 0.25) is 6.10 Å². The number of Topliss-reactive ketones (excluding diaryl/α,β-unsaturated/α-hetero) is 2. The molecule has 0 spiro atoms. The summed E-state index contributed by atoms with van der Waals surface area (Å²) in [5.41, 5.74) is 0. The zero-order chi connectivity index (χ0) is 22.4. The number of aliphatic hydroxyl groups excluding tert-OH is 1. The van der Waals surface area contributed by atoms with E-state index in [4.69, 9.17) is 0 Å². The highest BCUT2D eigenvalue weighted by molar-refractivity contribution is 6.01. The van der Waals surface area contributed by atoms with Crippen LogP contribution in [-0.4, -0.2) is 35.4 Å². The van der Waals surface area contributed by atoms with E-state index in [0.29, 0.717) is 24.5 Å². The molecule has 0 bridgehead atoms. The molecule has 0 aromatic rings. The van der Waals surface area contributed by atoms with E-state index in [2.05, 4.69) is 30.7 Å². The first kappa shape index (κ1) is 26.5. The Morgan fingerprint density at radius 1 is 1.17 bits per heavy atom. The predicted molar refractivity (Wildman–Crippen MR) is 119 cm³/mol. The van der Waals surface area contributed by atoms with Gasteiger partial charge in [0.05, 0.1) is 6.61 Å². The fourth-order valence-corrected chi connectivity index (χ4v) is 4.30. The first-order valence-corrected chi connectivity index (χ1v) is 12.0. The number of unbranched alkanes of at least 4 members (excludes halogenated alkanes) is 3. The molecule has 1 rings (SSSR count). The Bertz CT molecular complexity index is 554. The summed E-state index contributed by atoms with van der Waals surface area (Å²) in [6.07, 6.45) is 14.0. The number of carbonyl (C=O) groups excluding carboxylic acids is 3. The van der Waals surface area contributed by atoms with Gasteiger partial charge in [-0.15, -0.1) is 0 Å². The molecular weight excluding hydrogens is 380 g/mol. The predicted octanol–water partition coefficient (Wildman–Crippen LogP) is 5.19. The quantitative estimate of drug-likeness (QED) is 0.160. The van der Waals surface area contributed by atoms with Crippen molar-refractivity contribution in [3.05, 3.63) is 12.2 Å². The van der Waals surface area contributed by atoms with E-state index in [1.165, 1.54) is 25.7 Å². The van der Waals surface area contributed by atoms with Crippen LogP contribution in [0, 0.1) is 17.8 Å². The SMILES string of the molecule is CCCC[C@H](CC)CC=C[C@H]1CCC(=O)[C@@H]1CCCCCC(=O)C(O)C(=O)OCC. The van der Waals surface area contributed by atoms with Crippen LogP contribution in [-0.2, 0) is 19.1 Å². The summed E-state index contributed by atoms with van der Waals surface area (Å²) in [6, 6.07) is 0.